The van der Waals surface area contributed by atoms with E-state index in [1.54, 1.807) is 6.07 Å². The van der Waals surface area contributed by atoms with Crippen LogP contribution in [0.4, 0.5) is 5.95 Å². The molecule has 5 nitrogen and oxygen atoms in total. The second kappa shape index (κ2) is 6.61. The second-order valence-corrected chi connectivity index (χ2v) is 7.58. The van der Waals surface area contributed by atoms with Crippen LogP contribution in [0.5, 0.6) is 5.75 Å². The summed E-state index contributed by atoms with van der Waals surface area (Å²) in [6.45, 7) is 6.98. The second-order valence-electron chi connectivity index (χ2n) is 5.74. The third-order valence-electron chi connectivity index (χ3n) is 4.12. The number of nitrogens with two attached hydrogens (primary N) is 1. The molecule has 0 atom stereocenters. The van der Waals surface area contributed by atoms with E-state index in [1.165, 1.54) is 11.3 Å². The van der Waals surface area contributed by atoms with Crippen LogP contribution in [0.1, 0.15) is 17.4 Å². The molecule has 1 aromatic carbocycles. The van der Waals surface area contributed by atoms with Gasteiger partial charge in [0.1, 0.15) is 16.3 Å². The summed E-state index contributed by atoms with van der Waals surface area (Å²) in [6.07, 6.45) is 0.707. The van der Waals surface area contributed by atoms with Gasteiger partial charge in [-0.05, 0) is 19.1 Å². The van der Waals surface area contributed by atoms with Crippen LogP contribution in [0.2, 0.25) is 10.0 Å². The molecule has 0 saturated carbocycles. The zero-order valence-electron chi connectivity index (χ0n) is 13.9. The number of thiophene rings is 1. The van der Waals surface area contributed by atoms with Gasteiger partial charge in [0.15, 0.2) is 0 Å². The van der Waals surface area contributed by atoms with Gasteiger partial charge in [0.2, 0.25) is 5.95 Å². The summed E-state index contributed by atoms with van der Waals surface area (Å²) < 4.78 is 11.2. The van der Waals surface area contributed by atoms with Crippen LogP contribution in [-0.4, -0.2) is 23.2 Å². The van der Waals surface area contributed by atoms with Crippen molar-refractivity contribution in [3.63, 3.8) is 0 Å². The highest BCUT2D eigenvalue weighted by Crippen LogP contribution is 2.46. The van der Waals surface area contributed by atoms with Gasteiger partial charge < -0.3 is 15.2 Å². The van der Waals surface area contributed by atoms with Crippen LogP contribution in [0.15, 0.2) is 18.7 Å². The first-order valence-corrected chi connectivity index (χ1v) is 9.60. The molecule has 2 N–H and O–H groups in total. The third-order valence-corrected chi connectivity index (χ3v) is 5.77. The van der Waals surface area contributed by atoms with Gasteiger partial charge in [-0.1, -0.05) is 29.8 Å². The number of hydrogen-bond donors (Lipinski definition) is 1. The van der Waals surface area contributed by atoms with E-state index in [2.05, 4.69) is 16.5 Å². The zero-order chi connectivity index (χ0) is 18.4. The molecule has 1 aliphatic rings. The topological polar surface area (TPSA) is 70.3 Å². The Morgan fingerprint density at radius 1 is 1.35 bits per heavy atom. The van der Waals surface area contributed by atoms with Crippen molar-refractivity contribution in [1.29, 1.82) is 0 Å². The van der Waals surface area contributed by atoms with Crippen molar-refractivity contribution in [1.82, 2.24) is 9.97 Å². The van der Waals surface area contributed by atoms with E-state index in [0.717, 1.165) is 26.2 Å². The quantitative estimate of drug-likeness (QED) is 0.602. The maximum atomic E-state index is 6.54. The number of fused-ring (bicyclic) bond motifs is 2. The highest BCUT2D eigenvalue weighted by Gasteiger charge is 2.26. The fourth-order valence-corrected chi connectivity index (χ4v) is 4.68. The molecule has 0 aliphatic carbocycles. The zero-order valence-corrected chi connectivity index (χ0v) is 16.3. The molecule has 2 aromatic heterocycles. The smallest absolute Gasteiger partial charge is 0.221 e. The molecule has 134 valence electrons. The molecule has 0 bridgehead atoms. The number of halogens is 2. The van der Waals surface area contributed by atoms with E-state index >= 15 is 0 Å². The van der Waals surface area contributed by atoms with Gasteiger partial charge in [-0.3, -0.25) is 0 Å². The fraction of sp³-hybridized carbons (Fsp3) is 0.222. The third kappa shape index (κ3) is 2.78. The lowest BCUT2D eigenvalue weighted by molar-refractivity contribution is 0.300. The first-order chi connectivity index (χ1) is 12.5. The van der Waals surface area contributed by atoms with Crippen molar-refractivity contribution in [2.24, 2.45) is 0 Å². The molecule has 26 heavy (non-hydrogen) atoms. The van der Waals surface area contributed by atoms with Gasteiger partial charge >= 0.3 is 0 Å². The maximum Gasteiger partial charge on any atom is 0.221 e. The minimum Gasteiger partial charge on any atom is -0.493 e. The van der Waals surface area contributed by atoms with Crippen molar-refractivity contribution < 1.29 is 9.47 Å². The number of rotatable bonds is 4. The van der Waals surface area contributed by atoms with Crippen LogP contribution in [-0.2, 0) is 11.2 Å². The molecule has 0 amide bonds. The minimum absolute atomic E-state index is 0.182. The van der Waals surface area contributed by atoms with Crippen molar-refractivity contribution in [2.75, 3.05) is 18.9 Å². The Morgan fingerprint density at radius 2 is 2.15 bits per heavy atom. The average Bonchev–Trinajstić information content (AvgIpc) is 3.21. The monoisotopic (exact) mass is 407 g/mol. The van der Waals surface area contributed by atoms with Crippen LogP contribution >= 0.6 is 34.5 Å². The van der Waals surface area contributed by atoms with Gasteiger partial charge in [0.05, 0.1) is 33.8 Å². The van der Waals surface area contributed by atoms with Gasteiger partial charge in [-0.15, -0.1) is 11.3 Å². The number of anilines is 1. The molecule has 3 heterocycles. The Hall–Kier alpha value is -2.02. The summed E-state index contributed by atoms with van der Waals surface area (Å²) >= 11 is 14.3. The lowest BCUT2D eigenvalue weighted by Gasteiger charge is -2.12. The minimum atomic E-state index is 0.182. The van der Waals surface area contributed by atoms with E-state index < -0.39 is 0 Å². The highest BCUT2D eigenvalue weighted by atomic mass is 35.5. The number of nitrogens with zero attached hydrogens (tertiary/aromatic N) is 2. The molecule has 1 aliphatic heterocycles. The maximum absolute atomic E-state index is 6.54. The summed E-state index contributed by atoms with van der Waals surface area (Å²) in [6, 6.07) is 3.64. The summed E-state index contributed by atoms with van der Waals surface area (Å²) in [7, 11) is 0. The molecular formula is C18H15Cl2N3O2S. The van der Waals surface area contributed by atoms with E-state index in [9.17, 15) is 0 Å². The summed E-state index contributed by atoms with van der Waals surface area (Å²) in [5, 5.41) is 1.86. The van der Waals surface area contributed by atoms with E-state index in [-0.39, 0.29) is 5.95 Å². The predicted molar refractivity (Wildman–Crippen MR) is 107 cm³/mol. The largest absolute Gasteiger partial charge is 0.493 e. The summed E-state index contributed by atoms with van der Waals surface area (Å²) in [5.41, 5.74) is 8.36. The van der Waals surface area contributed by atoms with Crippen molar-refractivity contribution in [3.05, 3.63) is 39.2 Å². The molecule has 4 rings (SSSR count). The Morgan fingerprint density at radius 3 is 2.92 bits per heavy atom. The number of nitrogen functional groups attached to an aromatic ring is 1. The van der Waals surface area contributed by atoms with Crippen LogP contribution in [0.25, 0.3) is 27.2 Å². The van der Waals surface area contributed by atoms with Crippen molar-refractivity contribution in [2.45, 2.75) is 13.3 Å². The Kier molecular flexibility index (Phi) is 4.42. The molecule has 3 aromatic rings. The number of ether oxygens (including phenoxy) is 2. The molecule has 0 fully saturated rings. The van der Waals surface area contributed by atoms with E-state index in [4.69, 9.17) is 38.4 Å². The average molecular weight is 408 g/mol. The number of hydrogen-bond acceptors (Lipinski definition) is 6. The first-order valence-electron chi connectivity index (χ1n) is 8.02. The Bertz CT molecular complexity index is 1050. The van der Waals surface area contributed by atoms with Gasteiger partial charge in [0, 0.05) is 22.9 Å². The fourth-order valence-electron chi connectivity index (χ4n) is 3.07. The molecule has 8 heteroatoms. The molecule has 0 radical (unpaired) electrons. The summed E-state index contributed by atoms with van der Waals surface area (Å²) in [5.74, 6) is 1.43. The normalized spacial score (nSPS) is 12.9. The molecule has 0 spiro atoms. The van der Waals surface area contributed by atoms with Gasteiger partial charge in [-0.2, -0.15) is 0 Å². The lowest BCUT2D eigenvalue weighted by Crippen LogP contribution is -1.98. The summed E-state index contributed by atoms with van der Waals surface area (Å²) in [4.78, 5) is 10.5. The predicted octanol–water partition coefficient (Wildman–Crippen LogP) is 5.19. The van der Waals surface area contributed by atoms with E-state index in [0.29, 0.717) is 46.9 Å². The van der Waals surface area contributed by atoms with Crippen LogP contribution < -0.4 is 10.5 Å². The lowest BCUT2D eigenvalue weighted by atomic mass is 10.00. The molecule has 0 unspecified atom stereocenters. The Labute approximate surface area is 164 Å². The first kappa shape index (κ1) is 17.4. The van der Waals surface area contributed by atoms with Crippen LogP contribution in [0, 0.1) is 0 Å². The van der Waals surface area contributed by atoms with Crippen LogP contribution in [0.3, 0.4) is 0 Å². The van der Waals surface area contributed by atoms with Gasteiger partial charge in [-0.25, -0.2) is 9.97 Å². The molecular weight excluding hydrogens is 393 g/mol. The highest BCUT2D eigenvalue weighted by molar-refractivity contribution is 7.19. The number of aromatic nitrogens is 2. The van der Waals surface area contributed by atoms with E-state index in [1.807, 2.05) is 13.0 Å². The molecule has 0 saturated heterocycles. The Balaban J connectivity index is 1.98. The van der Waals surface area contributed by atoms with Crippen molar-refractivity contribution >= 4 is 56.5 Å². The number of benzene rings is 1. The SMILES string of the molecule is C=C(OCC)c1cc2c(-c3c(Cl)cc(Cl)c4c3CCO4)nc(N)nc2s1. The van der Waals surface area contributed by atoms with Gasteiger partial charge in [0.25, 0.3) is 0 Å². The standard InChI is InChI=1S/C18H15Cl2N3O2S/c1-3-24-8(2)13-6-10-15(22-18(21)23-17(10)26-13)14-9-4-5-25-16(9)12(20)7-11(14)19/h6-7H,2-5H2,1H3,(H2,21,22,23). The van der Waals surface area contributed by atoms with Crippen molar-refractivity contribution in [3.8, 4) is 17.0 Å².